The van der Waals surface area contributed by atoms with Gasteiger partial charge >= 0.3 is 0 Å². The average molecular weight is 295 g/mol. The molecule has 0 aliphatic rings. The van der Waals surface area contributed by atoms with Crippen LogP contribution in [0.15, 0.2) is 41.6 Å². The largest absolute Gasteiger partial charge is 0.399 e. The topological polar surface area (TPSA) is 63.3 Å². The minimum Gasteiger partial charge on any atom is -0.399 e. The van der Waals surface area contributed by atoms with Crippen LogP contribution in [0.2, 0.25) is 10.0 Å². The maximum Gasteiger partial charge on any atom is 0.165 e. The fourth-order valence-corrected chi connectivity index (χ4v) is 1.84. The molecule has 19 heavy (non-hydrogen) atoms. The summed E-state index contributed by atoms with van der Waals surface area (Å²) in [6, 6.07) is 9.04. The van der Waals surface area contributed by atoms with E-state index < -0.39 is 0 Å². The van der Waals surface area contributed by atoms with E-state index in [1.807, 2.05) is 31.2 Å². The average Bonchev–Trinajstić information content (AvgIpc) is 2.38. The van der Waals surface area contributed by atoms with Crippen molar-refractivity contribution in [1.82, 2.24) is 4.98 Å². The first-order chi connectivity index (χ1) is 9.06. The first-order valence-corrected chi connectivity index (χ1v) is 6.29. The van der Waals surface area contributed by atoms with Crippen LogP contribution in [-0.2, 0) is 0 Å². The van der Waals surface area contributed by atoms with Crippen molar-refractivity contribution in [3.63, 3.8) is 0 Å². The molecule has 2 rings (SSSR count). The third kappa shape index (κ3) is 3.59. The second kappa shape index (κ2) is 5.91. The Morgan fingerprint density at radius 2 is 1.95 bits per heavy atom. The zero-order valence-electron chi connectivity index (χ0n) is 10.2. The highest BCUT2D eigenvalue weighted by molar-refractivity contribution is 6.35. The van der Waals surface area contributed by atoms with Crippen LogP contribution in [0.3, 0.4) is 0 Å². The van der Waals surface area contributed by atoms with Gasteiger partial charge in [0.2, 0.25) is 0 Å². The van der Waals surface area contributed by atoms with Crippen LogP contribution in [0.25, 0.3) is 0 Å². The van der Waals surface area contributed by atoms with Gasteiger partial charge in [-0.25, -0.2) is 4.98 Å². The highest BCUT2D eigenvalue weighted by Gasteiger charge is 2.02. The van der Waals surface area contributed by atoms with Gasteiger partial charge in [0.05, 0.1) is 15.8 Å². The van der Waals surface area contributed by atoms with Gasteiger partial charge in [0.1, 0.15) is 0 Å². The molecule has 0 saturated heterocycles. The van der Waals surface area contributed by atoms with Crippen molar-refractivity contribution in [2.24, 2.45) is 5.10 Å². The summed E-state index contributed by atoms with van der Waals surface area (Å²) >= 11 is 11.8. The van der Waals surface area contributed by atoms with E-state index in [-0.39, 0.29) is 0 Å². The molecule has 0 atom stereocenters. The summed E-state index contributed by atoms with van der Waals surface area (Å²) in [4.78, 5) is 4.06. The molecule has 0 radical (unpaired) electrons. The van der Waals surface area contributed by atoms with Gasteiger partial charge < -0.3 is 5.73 Å². The molecule has 4 nitrogen and oxygen atoms in total. The van der Waals surface area contributed by atoms with E-state index in [1.165, 1.54) is 6.20 Å². The van der Waals surface area contributed by atoms with Gasteiger partial charge in [0, 0.05) is 11.9 Å². The molecule has 0 saturated carbocycles. The number of benzene rings is 1. The Morgan fingerprint density at radius 1 is 1.26 bits per heavy atom. The van der Waals surface area contributed by atoms with Gasteiger partial charge in [-0.15, -0.1) is 0 Å². The number of nitrogens with one attached hydrogen (secondary N) is 1. The maximum absolute atomic E-state index is 5.98. The molecule has 0 aliphatic heterocycles. The lowest BCUT2D eigenvalue weighted by Gasteiger charge is -2.05. The molecule has 98 valence electrons. The zero-order valence-corrected chi connectivity index (χ0v) is 11.7. The van der Waals surface area contributed by atoms with Crippen molar-refractivity contribution in [1.29, 1.82) is 0 Å². The Labute approximate surface area is 121 Å². The molecule has 1 aromatic heterocycles. The molecule has 0 amide bonds. The SMILES string of the molecule is C/C(=N\Nc1ncc(Cl)cc1Cl)c1ccc(N)cc1. The fourth-order valence-electron chi connectivity index (χ4n) is 1.42. The van der Waals surface area contributed by atoms with Crippen molar-refractivity contribution in [2.75, 3.05) is 11.2 Å². The Hall–Kier alpha value is -1.78. The number of halogens is 2. The summed E-state index contributed by atoms with van der Waals surface area (Å²) in [6.07, 6.45) is 1.50. The number of anilines is 2. The number of aromatic nitrogens is 1. The van der Waals surface area contributed by atoms with Crippen LogP contribution in [0.1, 0.15) is 12.5 Å². The number of hydrogen-bond acceptors (Lipinski definition) is 4. The first kappa shape index (κ1) is 13.6. The Morgan fingerprint density at radius 3 is 2.58 bits per heavy atom. The summed E-state index contributed by atoms with van der Waals surface area (Å²) in [5.74, 6) is 0.459. The highest BCUT2D eigenvalue weighted by Crippen LogP contribution is 2.22. The first-order valence-electron chi connectivity index (χ1n) is 5.53. The molecule has 0 unspecified atom stereocenters. The molecule has 0 bridgehead atoms. The molecule has 6 heteroatoms. The predicted octanol–water partition coefficient (Wildman–Crippen LogP) is 3.81. The smallest absolute Gasteiger partial charge is 0.165 e. The van der Waals surface area contributed by atoms with E-state index >= 15 is 0 Å². The van der Waals surface area contributed by atoms with Gasteiger partial charge in [-0.3, -0.25) is 5.43 Å². The lowest BCUT2D eigenvalue weighted by molar-refractivity contribution is 1.22. The molecule has 0 fully saturated rings. The van der Waals surface area contributed by atoms with Gasteiger partial charge in [-0.2, -0.15) is 5.10 Å². The van der Waals surface area contributed by atoms with Crippen LogP contribution < -0.4 is 11.2 Å². The molecular weight excluding hydrogens is 283 g/mol. The second-order valence-corrected chi connectivity index (χ2v) is 4.76. The van der Waals surface area contributed by atoms with Crippen LogP contribution in [-0.4, -0.2) is 10.7 Å². The minimum atomic E-state index is 0.418. The van der Waals surface area contributed by atoms with Gasteiger partial charge in [-0.05, 0) is 30.7 Å². The van der Waals surface area contributed by atoms with E-state index in [1.54, 1.807) is 6.07 Å². The number of hydrazone groups is 1. The van der Waals surface area contributed by atoms with E-state index in [0.717, 1.165) is 11.3 Å². The van der Waals surface area contributed by atoms with Crippen molar-refractivity contribution in [3.05, 3.63) is 52.1 Å². The highest BCUT2D eigenvalue weighted by atomic mass is 35.5. The van der Waals surface area contributed by atoms with E-state index in [0.29, 0.717) is 21.6 Å². The van der Waals surface area contributed by atoms with Gasteiger partial charge in [0.25, 0.3) is 0 Å². The number of hydrogen-bond donors (Lipinski definition) is 2. The lowest BCUT2D eigenvalue weighted by Crippen LogP contribution is -2.01. The van der Waals surface area contributed by atoms with E-state index in [4.69, 9.17) is 28.9 Å². The fraction of sp³-hybridized carbons (Fsp3) is 0.0769. The molecule has 1 aromatic carbocycles. The van der Waals surface area contributed by atoms with Crippen molar-refractivity contribution >= 4 is 40.4 Å². The van der Waals surface area contributed by atoms with E-state index in [9.17, 15) is 0 Å². The molecule has 3 N–H and O–H groups in total. The molecule has 2 aromatic rings. The molecule has 1 heterocycles. The second-order valence-electron chi connectivity index (χ2n) is 3.91. The summed E-state index contributed by atoms with van der Waals surface area (Å²) in [5.41, 5.74) is 10.9. The van der Waals surface area contributed by atoms with E-state index in [2.05, 4.69) is 15.5 Å². The zero-order chi connectivity index (χ0) is 13.8. The Bertz CT molecular complexity index is 609. The van der Waals surface area contributed by atoms with Crippen LogP contribution in [0, 0.1) is 0 Å². The van der Waals surface area contributed by atoms with Crippen LogP contribution in [0.4, 0.5) is 11.5 Å². The lowest BCUT2D eigenvalue weighted by atomic mass is 10.1. The monoisotopic (exact) mass is 294 g/mol. The summed E-state index contributed by atoms with van der Waals surface area (Å²) in [7, 11) is 0. The van der Waals surface area contributed by atoms with Crippen molar-refractivity contribution in [3.8, 4) is 0 Å². The van der Waals surface area contributed by atoms with Gasteiger partial charge in [0.15, 0.2) is 5.82 Å². The number of pyridine rings is 1. The third-order valence-corrected chi connectivity index (χ3v) is 2.96. The number of rotatable bonds is 3. The normalized spacial score (nSPS) is 11.4. The minimum absolute atomic E-state index is 0.418. The molecule has 0 aliphatic carbocycles. The third-order valence-electron chi connectivity index (χ3n) is 2.47. The quantitative estimate of drug-likeness (QED) is 0.514. The summed E-state index contributed by atoms with van der Waals surface area (Å²) in [6.45, 7) is 1.88. The number of nitrogen functional groups attached to an aromatic ring is 1. The van der Waals surface area contributed by atoms with Crippen molar-refractivity contribution in [2.45, 2.75) is 6.92 Å². The predicted molar refractivity (Wildman–Crippen MR) is 80.9 cm³/mol. The Balaban J connectivity index is 2.15. The van der Waals surface area contributed by atoms with Crippen molar-refractivity contribution < 1.29 is 0 Å². The van der Waals surface area contributed by atoms with Gasteiger partial charge in [-0.1, -0.05) is 35.3 Å². The molecular formula is C13H12Cl2N4. The summed E-state index contributed by atoms with van der Waals surface area (Å²) in [5, 5.41) is 5.12. The standard InChI is InChI=1S/C13H12Cl2N4/c1-8(9-2-4-11(16)5-3-9)18-19-13-12(15)6-10(14)7-17-13/h2-7H,16H2,1H3,(H,17,19)/b18-8+. The maximum atomic E-state index is 5.98. The Kier molecular flexibility index (Phi) is 4.24. The van der Waals surface area contributed by atoms with Crippen LogP contribution >= 0.6 is 23.2 Å². The molecule has 0 spiro atoms. The number of nitrogens with two attached hydrogens (primary N) is 1. The number of nitrogens with zero attached hydrogens (tertiary/aromatic N) is 2. The van der Waals surface area contributed by atoms with Crippen LogP contribution in [0.5, 0.6) is 0 Å². The summed E-state index contributed by atoms with van der Waals surface area (Å²) < 4.78 is 0.